The summed E-state index contributed by atoms with van der Waals surface area (Å²) in [4.78, 5) is 29.0. The molecule has 0 saturated carbocycles. The van der Waals surface area contributed by atoms with Crippen LogP contribution in [0, 0.1) is 0 Å². The van der Waals surface area contributed by atoms with Gasteiger partial charge in [0.15, 0.2) is 0 Å². The molecule has 2 aliphatic rings. The van der Waals surface area contributed by atoms with Crippen LogP contribution in [0.3, 0.4) is 0 Å². The van der Waals surface area contributed by atoms with Gasteiger partial charge in [0.1, 0.15) is 0 Å². The third-order valence-electron chi connectivity index (χ3n) is 4.70. The lowest BCUT2D eigenvalue weighted by molar-refractivity contribution is -0.192. The molecule has 3 atom stereocenters. The highest BCUT2D eigenvalue weighted by atomic mass is 19.4. The van der Waals surface area contributed by atoms with Gasteiger partial charge in [0.2, 0.25) is 0 Å². The van der Waals surface area contributed by atoms with E-state index in [1.807, 2.05) is 12.3 Å². The predicted molar refractivity (Wildman–Crippen MR) is 97.1 cm³/mol. The second kappa shape index (κ2) is 9.88. The van der Waals surface area contributed by atoms with E-state index in [2.05, 4.69) is 21.3 Å². The molecule has 2 aliphatic heterocycles. The average Bonchev–Trinajstić information content (AvgIpc) is 3.00. The molecule has 2 N–H and O–H groups in total. The van der Waals surface area contributed by atoms with Gasteiger partial charge in [-0.15, -0.1) is 0 Å². The van der Waals surface area contributed by atoms with Gasteiger partial charge in [-0.25, -0.2) is 9.59 Å². The number of ether oxygens (including phenoxy) is 1. The minimum absolute atomic E-state index is 0.0527. The maximum absolute atomic E-state index is 12.0. The first-order valence-corrected chi connectivity index (χ1v) is 9.12. The number of urea groups is 1. The number of likely N-dealkylation sites (tertiary alicyclic amines) is 1. The van der Waals surface area contributed by atoms with Gasteiger partial charge in [-0.2, -0.15) is 13.2 Å². The summed E-state index contributed by atoms with van der Waals surface area (Å²) >= 11 is 0. The number of aromatic nitrogens is 1. The van der Waals surface area contributed by atoms with Crippen LogP contribution in [0.25, 0.3) is 0 Å². The summed E-state index contributed by atoms with van der Waals surface area (Å²) in [5.41, 5.74) is 1.20. The van der Waals surface area contributed by atoms with Crippen molar-refractivity contribution in [3.05, 3.63) is 30.1 Å². The van der Waals surface area contributed by atoms with Gasteiger partial charge in [-0.3, -0.25) is 9.88 Å². The topological polar surface area (TPSA) is 95.0 Å². The molecule has 0 unspecified atom stereocenters. The summed E-state index contributed by atoms with van der Waals surface area (Å²) in [6, 6.07) is 4.43. The number of carbonyl (C=O) groups excluding carboxylic acids is 1. The number of halogens is 3. The van der Waals surface area contributed by atoms with Crippen molar-refractivity contribution in [1.29, 1.82) is 0 Å². The predicted octanol–water partition coefficient (Wildman–Crippen LogP) is 1.72. The van der Waals surface area contributed by atoms with E-state index in [1.165, 1.54) is 5.56 Å². The molecule has 0 radical (unpaired) electrons. The van der Waals surface area contributed by atoms with Crippen LogP contribution in [0.2, 0.25) is 0 Å². The molecule has 3 heterocycles. The van der Waals surface area contributed by atoms with Crippen molar-refractivity contribution in [2.75, 3.05) is 27.2 Å². The first-order valence-electron chi connectivity index (χ1n) is 9.12. The largest absolute Gasteiger partial charge is 0.490 e. The number of pyridine rings is 1. The molecule has 11 heteroatoms. The molecule has 0 aliphatic carbocycles. The summed E-state index contributed by atoms with van der Waals surface area (Å²) in [6.45, 7) is 2.47. The van der Waals surface area contributed by atoms with Crippen LogP contribution in [0.4, 0.5) is 18.0 Å². The van der Waals surface area contributed by atoms with Crippen LogP contribution in [-0.4, -0.2) is 83.5 Å². The van der Waals surface area contributed by atoms with E-state index in [4.69, 9.17) is 14.6 Å². The molecule has 0 bridgehead atoms. The van der Waals surface area contributed by atoms with E-state index in [0.717, 1.165) is 32.5 Å². The number of nitrogens with one attached hydrogen (secondary N) is 1. The number of rotatable bonds is 3. The summed E-state index contributed by atoms with van der Waals surface area (Å²) in [6.07, 6.45) is 0.914. The fraction of sp³-hybridized carbons (Fsp3) is 0.611. The van der Waals surface area contributed by atoms with Crippen molar-refractivity contribution in [2.45, 2.75) is 43.8 Å². The molecule has 2 amide bonds. The van der Waals surface area contributed by atoms with Crippen molar-refractivity contribution in [3.63, 3.8) is 0 Å². The zero-order chi connectivity index (χ0) is 21.6. The van der Waals surface area contributed by atoms with E-state index in [9.17, 15) is 18.0 Å². The van der Waals surface area contributed by atoms with Gasteiger partial charge in [0.05, 0.1) is 12.1 Å². The number of carboxylic acid groups (broad SMARTS) is 1. The normalized spacial score (nSPS) is 24.1. The number of nitrogens with zero attached hydrogens (tertiary/aromatic N) is 3. The third-order valence-corrected chi connectivity index (χ3v) is 4.70. The van der Waals surface area contributed by atoms with Gasteiger partial charge in [0, 0.05) is 52.2 Å². The number of hydrogen-bond acceptors (Lipinski definition) is 5. The average molecular weight is 418 g/mol. The van der Waals surface area contributed by atoms with Crippen molar-refractivity contribution < 1.29 is 32.6 Å². The Bertz CT molecular complexity index is 687. The summed E-state index contributed by atoms with van der Waals surface area (Å²) in [5.74, 6) is -2.76. The lowest BCUT2D eigenvalue weighted by Gasteiger charge is -2.32. The highest BCUT2D eigenvalue weighted by Gasteiger charge is 2.44. The Morgan fingerprint density at radius 1 is 1.41 bits per heavy atom. The van der Waals surface area contributed by atoms with Gasteiger partial charge in [-0.05, 0) is 24.5 Å². The van der Waals surface area contributed by atoms with E-state index >= 15 is 0 Å². The highest BCUT2D eigenvalue weighted by Crippen LogP contribution is 2.30. The van der Waals surface area contributed by atoms with Gasteiger partial charge in [-0.1, -0.05) is 6.07 Å². The Labute approximate surface area is 166 Å². The minimum atomic E-state index is -5.08. The van der Waals surface area contributed by atoms with E-state index in [-0.39, 0.29) is 18.2 Å². The molecule has 2 fully saturated rings. The Morgan fingerprint density at radius 2 is 2.10 bits per heavy atom. The van der Waals surface area contributed by atoms with Crippen LogP contribution in [0.1, 0.15) is 18.4 Å². The van der Waals surface area contributed by atoms with E-state index in [0.29, 0.717) is 6.04 Å². The molecule has 2 saturated heterocycles. The molecular weight excluding hydrogens is 393 g/mol. The molecule has 1 aromatic rings. The van der Waals surface area contributed by atoms with Crippen LogP contribution >= 0.6 is 0 Å². The number of alkyl halides is 3. The van der Waals surface area contributed by atoms with Gasteiger partial charge in [0.25, 0.3) is 0 Å². The first-order chi connectivity index (χ1) is 13.6. The Morgan fingerprint density at radius 3 is 2.66 bits per heavy atom. The molecule has 1 aromatic heterocycles. The van der Waals surface area contributed by atoms with Crippen molar-refractivity contribution in [2.24, 2.45) is 0 Å². The number of amides is 2. The monoisotopic (exact) mass is 418 g/mol. The third kappa shape index (κ3) is 6.57. The maximum Gasteiger partial charge on any atom is 0.490 e. The molecule has 0 aromatic carbocycles. The Balaban J connectivity index is 0.000000370. The number of aliphatic carboxylic acids is 1. The van der Waals surface area contributed by atoms with Crippen molar-refractivity contribution >= 4 is 12.0 Å². The summed E-state index contributed by atoms with van der Waals surface area (Å²) < 4.78 is 37.7. The second-order valence-electron chi connectivity index (χ2n) is 7.09. The first kappa shape index (κ1) is 22.9. The Hall–Kier alpha value is -2.40. The number of hydrogen-bond donors (Lipinski definition) is 2. The molecule has 29 heavy (non-hydrogen) atoms. The molecule has 3 rings (SSSR count). The van der Waals surface area contributed by atoms with Crippen LogP contribution < -0.4 is 5.32 Å². The fourth-order valence-corrected chi connectivity index (χ4v) is 3.38. The van der Waals surface area contributed by atoms with E-state index < -0.39 is 12.1 Å². The maximum atomic E-state index is 12.0. The second-order valence-corrected chi connectivity index (χ2v) is 7.09. The highest BCUT2D eigenvalue weighted by molar-refractivity contribution is 5.74. The van der Waals surface area contributed by atoms with Crippen LogP contribution in [0.5, 0.6) is 0 Å². The quantitative estimate of drug-likeness (QED) is 0.776. The molecule has 162 valence electrons. The van der Waals surface area contributed by atoms with Gasteiger partial charge < -0.3 is 20.1 Å². The number of carbonyl (C=O) groups is 2. The SMILES string of the molecule is CN(C)C(=O)N[C@H]1CN(Cc2cccnc2)[C@@H]2CCCO[C@H]12.O=C(O)C(F)(F)F. The number of carboxylic acids is 1. The zero-order valence-corrected chi connectivity index (χ0v) is 16.2. The van der Waals surface area contributed by atoms with Crippen molar-refractivity contribution in [3.8, 4) is 0 Å². The minimum Gasteiger partial charge on any atom is -0.475 e. The summed E-state index contributed by atoms with van der Waals surface area (Å²) in [7, 11) is 3.52. The van der Waals surface area contributed by atoms with Gasteiger partial charge >= 0.3 is 18.2 Å². The summed E-state index contributed by atoms with van der Waals surface area (Å²) in [5, 5.41) is 10.2. The smallest absolute Gasteiger partial charge is 0.475 e. The molecular formula is C18H25F3N4O4. The van der Waals surface area contributed by atoms with Crippen molar-refractivity contribution in [1.82, 2.24) is 20.1 Å². The Kier molecular flexibility index (Phi) is 7.80. The van der Waals surface area contributed by atoms with Crippen LogP contribution in [-0.2, 0) is 16.1 Å². The zero-order valence-electron chi connectivity index (χ0n) is 16.2. The molecule has 0 spiro atoms. The molecule has 8 nitrogen and oxygen atoms in total. The van der Waals surface area contributed by atoms with Crippen LogP contribution in [0.15, 0.2) is 24.5 Å². The fourth-order valence-electron chi connectivity index (χ4n) is 3.38. The lowest BCUT2D eigenvalue weighted by Crippen LogP contribution is -2.50. The lowest BCUT2D eigenvalue weighted by atomic mass is 10.0. The van der Waals surface area contributed by atoms with E-state index in [1.54, 1.807) is 25.2 Å². The number of fused-ring (bicyclic) bond motifs is 1. The standard InChI is InChI=1S/C16H24N4O2.C2HF3O2/c1-19(2)16(21)18-13-11-20(10-12-5-3-7-17-9-12)14-6-4-8-22-15(13)14;3-2(4,5)1(6)7/h3,5,7,9,13-15H,4,6,8,10-11H2,1-2H3,(H,18,21);(H,6,7)/t13-,14+,15+;/m0./s1.